The molecule has 19 heavy (non-hydrogen) atoms. The van der Waals surface area contributed by atoms with Crippen molar-refractivity contribution in [2.45, 2.75) is 41.5 Å². The van der Waals surface area contributed by atoms with E-state index in [0.717, 1.165) is 0 Å². The van der Waals surface area contributed by atoms with Crippen molar-refractivity contribution in [3.63, 3.8) is 0 Å². The molecule has 6 nitrogen and oxygen atoms in total. The first-order valence-corrected chi connectivity index (χ1v) is 5.61. The van der Waals surface area contributed by atoms with Crippen LogP contribution >= 0.6 is 0 Å². The van der Waals surface area contributed by atoms with Crippen LogP contribution in [0.2, 0.25) is 0 Å². The molecule has 7 heteroatoms. The van der Waals surface area contributed by atoms with Crippen molar-refractivity contribution in [3.8, 4) is 0 Å². The normalized spacial score (nSPS) is 8.68. The number of hydrogen-bond donors (Lipinski definition) is 3. The van der Waals surface area contributed by atoms with Gasteiger partial charge in [-0.15, -0.1) is 0 Å². The summed E-state index contributed by atoms with van der Waals surface area (Å²) < 4.78 is 0. The summed E-state index contributed by atoms with van der Waals surface area (Å²) in [6.07, 6.45) is 0. The fourth-order valence-corrected chi connectivity index (χ4v) is 0. The summed E-state index contributed by atoms with van der Waals surface area (Å²) in [7, 11) is 0. The van der Waals surface area contributed by atoms with Gasteiger partial charge >= 0.3 is 17.9 Å². The molecule has 0 unspecified atom stereocenters. The van der Waals surface area contributed by atoms with E-state index in [9.17, 15) is 14.4 Å². The molecule has 0 aliphatic heterocycles. The Bertz CT molecular complexity index is 218. The average Bonchev–Trinajstić information content (AvgIpc) is 2.18. The molecular weight excluding hydrogens is 379 g/mol. The zero-order valence-corrected chi connectivity index (χ0v) is 16.0. The predicted molar refractivity (Wildman–Crippen MR) is 67.4 cm³/mol. The van der Waals surface area contributed by atoms with Crippen LogP contribution in [0.1, 0.15) is 41.5 Å². The van der Waals surface area contributed by atoms with Gasteiger partial charge in [0.2, 0.25) is 0 Å². The maximum absolute atomic E-state index is 9.70. The van der Waals surface area contributed by atoms with Gasteiger partial charge in [0.05, 0.1) is 17.8 Å². The second-order valence-electron chi connectivity index (χ2n) is 4.48. The summed E-state index contributed by atoms with van der Waals surface area (Å²) in [6, 6.07) is 0. The minimum atomic E-state index is -0.741. The quantitative estimate of drug-likeness (QED) is 0.666. The van der Waals surface area contributed by atoms with Crippen LogP contribution in [0.3, 0.4) is 0 Å². The van der Waals surface area contributed by atoms with Gasteiger partial charge in [0.15, 0.2) is 0 Å². The number of carboxylic acid groups (broad SMARTS) is 3. The molecule has 0 aliphatic rings. The van der Waals surface area contributed by atoms with Gasteiger partial charge in [-0.05, 0) is 0 Å². The van der Waals surface area contributed by atoms with Crippen LogP contribution in [-0.4, -0.2) is 33.2 Å². The number of carbonyl (C=O) groups is 3. The van der Waals surface area contributed by atoms with Gasteiger partial charge < -0.3 is 15.3 Å². The maximum atomic E-state index is 9.70. The molecule has 0 aliphatic carbocycles. The fraction of sp³-hybridized carbons (Fsp3) is 0.750. The Balaban J connectivity index is -0.0000000865. The molecule has 0 bridgehead atoms. The SMILES string of the molecule is CC(C)C(=O)O.CC(C)C(=O)O.CC(C)C(=O)O.[La]. The van der Waals surface area contributed by atoms with Crippen LogP contribution in [-0.2, 0) is 14.4 Å². The average molecular weight is 403 g/mol. The summed E-state index contributed by atoms with van der Waals surface area (Å²) >= 11 is 0. The Morgan fingerprint density at radius 1 is 0.579 bits per heavy atom. The molecule has 0 spiro atoms. The van der Waals surface area contributed by atoms with Crippen molar-refractivity contribution in [1.82, 2.24) is 0 Å². The van der Waals surface area contributed by atoms with Crippen molar-refractivity contribution < 1.29 is 65.3 Å². The molecule has 0 rings (SSSR count). The first kappa shape index (κ1) is 27.0. The second-order valence-corrected chi connectivity index (χ2v) is 4.48. The third-order valence-electron chi connectivity index (χ3n) is 1.48. The number of hydrogen-bond acceptors (Lipinski definition) is 3. The molecular formula is C12H24LaO6. The Hall–Kier alpha value is -0.395. The molecule has 0 amide bonds. The molecule has 0 fully saturated rings. The molecule has 3 N–H and O–H groups in total. The number of carboxylic acids is 3. The van der Waals surface area contributed by atoms with Crippen LogP contribution in [0.15, 0.2) is 0 Å². The molecule has 0 aromatic carbocycles. The summed E-state index contributed by atoms with van der Waals surface area (Å²) in [5.74, 6) is -2.92. The molecule has 0 aromatic heterocycles. The Labute approximate surface area is 142 Å². The first-order chi connectivity index (χ1) is 7.93. The van der Waals surface area contributed by atoms with Crippen molar-refractivity contribution in [3.05, 3.63) is 0 Å². The molecule has 0 atom stereocenters. The Morgan fingerprint density at radius 2 is 0.632 bits per heavy atom. The van der Waals surface area contributed by atoms with Crippen LogP contribution < -0.4 is 0 Å². The van der Waals surface area contributed by atoms with Crippen molar-refractivity contribution in [2.75, 3.05) is 0 Å². The summed E-state index contributed by atoms with van der Waals surface area (Å²) in [6.45, 7) is 9.85. The van der Waals surface area contributed by atoms with Gasteiger partial charge in [-0.2, -0.15) is 0 Å². The topological polar surface area (TPSA) is 112 Å². The zero-order chi connectivity index (χ0) is 15.5. The number of rotatable bonds is 3. The van der Waals surface area contributed by atoms with E-state index in [1.165, 1.54) is 0 Å². The number of aliphatic carboxylic acids is 3. The summed E-state index contributed by atoms with van der Waals surface area (Å²) in [4.78, 5) is 29.1. The van der Waals surface area contributed by atoms with Crippen LogP contribution in [0.4, 0.5) is 0 Å². The monoisotopic (exact) mass is 403 g/mol. The third kappa shape index (κ3) is 31.8. The van der Waals surface area contributed by atoms with E-state index in [0.29, 0.717) is 0 Å². The van der Waals surface area contributed by atoms with Crippen LogP contribution in [0.5, 0.6) is 0 Å². The van der Waals surface area contributed by atoms with E-state index in [1.807, 2.05) is 0 Å². The molecule has 0 heterocycles. The van der Waals surface area contributed by atoms with Crippen molar-refractivity contribution >= 4 is 17.9 Å². The van der Waals surface area contributed by atoms with E-state index in [-0.39, 0.29) is 53.4 Å². The minimum Gasteiger partial charge on any atom is -0.481 e. The van der Waals surface area contributed by atoms with Crippen LogP contribution in [0.25, 0.3) is 0 Å². The van der Waals surface area contributed by atoms with E-state index in [2.05, 4.69) is 0 Å². The third-order valence-corrected chi connectivity index (χ3v) is 1.48. The smallest absolute Gasteiger partial charge is 0.305 e. The van der Waals surface area contributed by atoms with Gasteiger partial charge in [-0.25, -0.2) is 0 Å². The molecule has 0 aromatic rings. The van der Waals surface area contributed by atoms with E-state index in [4.69, 9.17) is 15.3 Å². The predicted octanol–water partition coefficient (Wildman–Crippen LogP) is 2.18. The van der Waals surface area contributed by atoms with Gasteiger partial charge in [0.1, 0.15) is 0 Å². The minimum absolute atomic E-state index is 0. The van der Waals surface area contributed by atoms with E-state index in [1.54, 1.807) is 41.5 Å². The van der Waals surface area contributed by atoms with Crippen molar-refractivity contribution in [2.24, 2.45) is 17.8 Å². The van der Waals surface area contributed by atoms with E-state index < -0.39 is 17.9 Å². The van der Waals surface area contributed by atoms with Gasteiger partial charge in [0.25, 0.3) is 0 Å². The van der Waals surface area contributed by atoms with Crippen molar-refractivity contribution in [1.29, 1.82) is 0 Å². The zero-order valence-electron chi connectivity index (χ0n) is 12.4. The van der Waals surface area contributed by atoms with Gasteiger partial charge in [-0.1, -0.05) is 41.5 Å². The molecule has 0 saturated carbocycles. The Kier molecular flexibility index (Phi) is 22.3. The maximum Gasteiger partial charge on any atom is 0.305 e. The molecule has 1 radical (unpaired) electrons. The fourth-order valence-electron chi connectivity index (χ4n) is 0. The standard InChI is InChI=1S/3C4H8O2.La/c3*1-3(2)4(5)6;/h3*3H,1-2H3,(H,5,6);. The molecule has 0 saturated heterocycles. The first-order valence-electron chi connectivity index (χ1n) is 5.61. The summed E-state index contributed by atoms with van der Waals surface area (Å²) in [5.41, 5.74) is 0. The van der Waals surface area contributed by atoms with Crippen LogP contribution in [0, 0.1) is 53.4 Å². The van der Waals surface area contributed by atoms with Gasteiger partial charge in [-0.3, -0.25) is 14.4 Å². The van der Waals surface area contributed by atoms with E-state index >= 15 is 0 Å². The molecule has 111 valence electrons. The second kappa shape index (κ2) is 15.7. The summed E-state index contributed by atoms with van der Waals surface area (Å²) in [5, 5.41) is 24.0. The largest absolute Gasteiger partial charge is 0.481 e. The van der Waals surface area contributed by atoms with Gasteiger partial charge in [0, 0.05) is 35.6 Å². The Morgan fingerprint density at radius 3 is 0.632 bits per heavy atom.